The molecule has 2 aliphatic heterocycles. The summed E-state index contributed by atoms with van der Waals surface area (Å²) in [5, 5.41) is 0.868. The number of amides is 1. The molecule has 7 heteroatoms. The topological polar surface area (TPSA) is 60.9 Å². The van der Waals surface area contributed by atoms with Crippen molar-refractivity contribution in [3.63, 3.8) is 0 Å². The molecule has 0 saturated carbocycles. The molecule has 0 bridgehead atoms. The van der Waals surface area contributed by atoms with Crippen molar-refractivity contribution < 1.29 is 19.0 Å². The van der Waals surface area contributed by atoms with Crippen molar-refractivity contribution in [3.05, 3.63) is 151 Å². The van der Waals surface area contributed by atoms with Crippen LogP contribution in [0.4, 0.5) is 5.69 Å². The summed E-state index contributed by atoms with van der Waals surface area (Å²) in [5.74, 6) is 2.57. The Kier molecular flexibility index (Phi) is 7.11. The number of carbonyl (C=O) groups excluding carboxylic acids is 1. The molecule has 3 atom stereocenters. The SMILES string of the molecule is COc1ccc(C23CC(c4cc5ccccc5nc4Oc4ccccc4)Sc4ccccc4N2C(=O)C3Oc2ccccc2)cc1. The van der Waals surface area contributed by atoms with Gasteiger partial charge in [0.05, 0.1) is 18.3 Å². The van der Waals surface area contributed by atoms with Crippen molar-refractivity contribution >= 4 is 34.3 Å². The molecule has 3 heterocycles. The molecule has 5 aromatic carbocycles. The van der Waals surface area contributed by atoms with Crippen LogP contribution < -0.4 is 19.1 Å². The molecule has 226 valence electrons. The summed E-state index contributed by atoms with van der Waals surface area (Å²) in [6.07, 6.45) is -0.211. The van der Waals surface area contributed by atoms with Crippen molar-refractivity contribution in [1.29, 1.82) is 0 Å². The second-order valence-corrected chi connectivity index (χ2v) is 12.7. The molecule has 46 heavy (non-hydrogen) atoms. The highest BCUT2D eigenvalue weighted by atomic mass is 32.2. The van der Waals surface area contributed by atoms with Crippen LogP contribution in [0, 0.1) is 0 Å². The number of aromatic nitrogens is 1. The van der Waals surface area contributed by atoms with Gasteiger partial charge < -0.3 is 14.2 Å². The first-order valence-electron chi connectivity index (χ1n) is 15.2. The lowest BCUT2D eigenvalue weighted by molar-refractivity contribution is -0.142. The molecular weight excluding hydrogens is 593 g/mol. The number of thioether (sulfide) groups is 1. The van der Waals surface area contributed by atoms with Gasteiger partial charge in [0.1, 0.15) is 22.8 Å². The summed E-state index contributed by atoms with van der Waals surface area (Å²) in [7, 11) is 1.66. The first-order valence-corrected chi connectivity index (χ1v) is 16.1. The van der Waals surface area contributed by atoms with E-state index < -0.39 is 11.6 Å². The lowest BCUT2D eigenvalue weighted by Gasteiger charge is -2.57. The summed E-state index contributed by atoms with van der Waals surface area (Å²) in [6.45, 7) is 0. The van der Waals surface area contributed by atoms with E-state index in [0.29, 0.717) is 23.8 Å². The molecule has 3 unspecified atom stereocenters. The molecule has 1 amide bonds. The number of hydrogen-bond donors (Lipinski definition) is 0. The number of fused-ring (bicyclic) bond motifs is 4. The minimum atomic E-state index is -0.834. The van der Waals surface area contributed by atoms with Crippen LogP contribution in [0.1, 0.15) is 22.8 Å². The number of rotatable bonds is 7. The van der Waals surface area contributed by atoms with Crippen LogP contribution in [-0.4, -0.2) is 24.1 Å². The number of para-hydroxylation sites is 4. The number of benzene rings is 5. The van der Waals surface area contributed by atoms with E-state index in [4.69, 9.17) is 19.2 Å². The van der Waals surface area contributed by atoms with E-state index in [0.717, 1.165) is 38.4 Å². The highest BCUT2D eigenvalue weighted by molar-refractivity contribution is 7.99. The van der Waals surface area contributed by atoms with E-state index in [2.05, 4.69) is 30.3 Å². The molecule has 6 aromatic rings. The fraction of sp³-hybridized carbons (Fsp3) is 0.128. The van der Waals surface area contributed by atoms with E-state index in [1.807, 2.05) is 114 Å². The Morgan fingerprint density at radius 1 is 0.761 bits per heavy atom. The van der Waals surface area contributed by atoms with Crippen LogP contribution in [0.3, 0.4) is 0 Å². The molecule has 0 N–H and O–H groups in total. The minimum absolute atomic E-state index is 0.0780. The first-order chi connectivity index (χ1) is 22.6. The Morgan fingerprint density at radius 3 is 2.20 bits per heavy atom. The van der Waals surface area contributed by atoms with E-state index in [1.54, 1.807) is 18.9 Å². The summed E-state index contributed by atoms with van der Waals surface area (Å²) in [4.78, 5) is 22.3. The smallest absolute Gasteiger partial charge is 0.271 e. The predicted octanol–water partition coefficient (Wildman–Crippen LogP) is 8.96. The van der Waals surface area contributed by atoms with Gasteiger partial charge in [-0.05, 0) is 72.6 Å². The molecular formula is C39H30N2O4S. The predicted molar refractivity (Wildman–Crippen MR) is 181 cm³/mol. The molecule has 6 nitrogen and oxygen atoms in total. The van der Waals surface area contributed by atoms with Crippen molar-refractivity contribution in [1.82, 2.24) is 4.98 Å². The normalized spacial score (nSPS) is 20.2. The van der Waals surface area contributed by atoms with Gasteiger partial charge in [0, 0.05) is 21.1 Å². The van der Waals surface area contributed by atoms with E-state index in [9.17, 15) is 4.79 Å². The van der Waals surface area contributed by atoms with Crippen molar-refractivity contribution in [2.45, 2.75) is 28.2 Å². The van der Waals surface area contributed by atoms with Crippen LogP contribution >= 0.6 is 11.8 Å². The van der Waals surface area contributed by atoms with Gasteiger partial charge in [0.2, 0.25) is 12.0 Å². The van der Waals surface area contributed by atoms with E-state index in [1.165, 1.54) is 0 Å². The maximum absolute atomic E-state index is 14.3. The molecule has 1 fully saturated rings. The van der Waals surface area contributed by atoms with Gasteiger partial charge in [0.25, 0.3) is 5.91 Å². The minimum Gasteiger partial charge on any atom is -0.497 e. The fourth-order valence-electron chi connectivity index (χ4n) is 6.58. The third-order valence-electron chi connectivity index (χ3n) is 8.76. The van der Waals surface area contributed by atoms with Crippen molar-refractivity contribution in [3.8, 4) is 23.1 Å². The summed E-state index contributed by atoms with van der Waals surface area (Å²) < 4.78 is 18.7. The number of methoxy groups -OCH3 is 1. The van der Waals surface area contributed by atoms with Gasteiger partial charge >= 0.3 is 0 Å². The Bertz CT molecular complexity index is 2040. The fourth-order valence-corrected chi connectivity index (χ4v) is 7.96. The number of hydrogen-bond acceptors (Lipinski definition) is 6. The number of pyridine rings is 1. The van der Waals surface area contributed by atoms with Crippen LogP contribution in [0.25, 0.3) is 10.9 Å². The molecule has 0 aliphatic carbocycles. The van der Waals surface area contributed by atoms with Gasteiger partial charge in [-0.15, -0.1) is 11.8 Å². The quantitative estimate of drug-likeness (QED) is 0.166. The van der Waals surface area contributed by atoms with Crippen LogP contribution in [0.5, 0.6) is 23.1 Å². The third kappa shape index (κ3) is 4.75. The van der Waals surface area contributed by atoms with Crippen LogP contribution in [0.15, 0.2) is 144 Å². The molecule has 0 radical (unpaired) electrons. The number of nitrogens with zero attached hydrogens (tertiary/aromatic N) is 2. The van der Waals surface area contributed by atoms with Gasteiger partial charge in [-0.1, -0.05) is 78.9 Å². The van der Waals surface area contributed by atoms with E-state index >= 15 is 0 Å². The average molecular weight is 623 g/mol. The Morgan fingerprint density at radius 2 is 1.43 bits per heavy atom. The highest BCUT2D eigenvalue weighted by Crippen LogP contribution is 2.60. The van der Waals surface area contributed by atoms with Crippen molar-refractivity contribution in [2.75, 3.05) is 12.0 Å². The molecule has 8 rings (SSSR count). The first kappa shape index (κ1) is 28.2. The number of anilines is 1. The lowest BCUT2D eigenvalue weighted by atomic mass is 9.70. The third-order valence-corrected chi connectivity index (χ3v) is 10.1. The Labute approximate surface area is 271 Å². The lowest BCUT2D eigenvalue weighted by Crippen LogP contribution is -2.74. The highest BCUT2D eigenvalue weighted by Gasteiger charge is 2.65. The van der Waals surface area contributed by atoms with E-state index in [-0.39, 0.29) is 11.2 Å². The van der Waals surface area contributed by atoms with Crippen molar-refractivity contribution in [2.24, 2.45) is 0 Å². The van der Waals surface area contributed by atoms with Gasteiger partial charge in [-0.3, -0.25) is 9.69 Å². The number of β-lactam (4-membered cyclic amide) rings is 1. The molecule has 0 spiro atoms. The van der Waals surface area contributed by atoms with Crippen LogP contribution in [0.2, 0.25) is 0 Å². The summed E-state index contributed by atoms with van der Waals surface area (Å²) in [5.41, 5.74) is 2.80. The van der Waals surface area contributed by atoms with Gasteiger partial charge in [-0.2, -0.15) is 0 Å². The summed E-state index contributed by atoms with van der Waals surface area (Å²) in [6, 6.07) is 45.7. The monoisotopic (exact) mass is 622 g/mol. The largest absolute Gasteiger partial charge is 0.497 e. The zero-order valence-corrected chi connectivity index (χ0v) is 25.9. The standard InChI is InChI=1S/C39H30N2O4S/c1-43-28-22-20-27(21-23-28)39-25-35(31-24-26-12-8-9-17-32(26)40-37(31)45-30-15-6-3-7-16-30)46-34-19-11-10-18-33(34)41(39)38(42)36(39)44-29-13-4-2-5-14-29/h2-24,35-36H,25H2,1H3. The molecule has 1 aromatic heterocycles. The second kappa shape index (κ2) is 11.6. The number of ether oxygens (including phenoxy) is 3. The van der Waals surface area contributed by atoms with Gasteiger partial charge in [-0.25, -0.2) is 4.98 Å². The zero-order valence-electron chi connectivity index (χ0n) is 25.1. The maximum Gasteiger partial charge on any atom is 0.271 e. The Hall–Kier alpha value is -5.27. The van der Waals surface area contributed by atoms with Gasteiger partial charge in [0.15, 0.2) is 0 Å². The molecule has 2 aliphatic rings. The van der Waals surface area contributed by atoms with Crippen LogP contribution in [-0.2, 0) is 10.3 Å². The molecule has 1 saturated heterocycles. The Balaban J connectivity index is 1.34. The number of carbonyl (C=O) groups is 1. The zero-order chi connectivity index (χ0) is 31.1. The maximum atomic E-state index is 14.3. The average Bonchev–Trinajstić information content (AvgIpc) is 3.24. The second-order valence-electron chi connectivity index (χ2n) is 11.4. The summed E-state index contributed by atoms with van der Waals surface area (Å²) >= 11 is 1.73.